The van der Waals surface area contributed by atoms with E-state index in [0.29, 0.717) is 59.7 Å². The van der Waals surface area contributed by atoms with Crippen molar-refractivity contribution in [1.82, 2.24) is 10.1 Å². The minimum Gasteiger partial charge on any atom is -0.497 e. The van der Waals surface area contributed by atoms with E-state index in [-0.39, 0.29) is 11.6 Å². The van der Waals surface area contributed by atoms with Crippen molar-refractivity contribution >= 4 is 28.9 Å². The molecule has 0 bridgehead atoms. The number of non-ortho nitro benzene ring substituents is 1. The molecule has 1 aliphatic heterocycles. The number of amides is 1. The average molecular weight is 457 g/mol. The summed E-state index contributed by atoms with van der Waals surface area (Å²) in [7, 11) is 1.59. The number of nitro benzene ring substituents is 1. The Morgan fingerprint density at radius 2 is 1.84 bits per heavy atom. The fourth-order valence-electron chi connectivity index (χ4n) is 3.74. The van der Waals surface area contributed by atoms with Gasteiger partial charge in [0.05, 0.1) is 22.7 Å². The predicted molar refractivity (Wildman–Crippen MR) is 119 cm³/mol. The van der Waals surface area contributed by atoms with Gasteiger partial charge in [-0.2, -0.15) is 0 Å². The Kier molecular flexibility index (Phi) is 6.00. The van der Waals surface area contributed by atoms with E-state index in [1.54, 1.807) is 37.1 Å². The van der Waals surface area contributed by atoms with E-state index >= 15 is 0 Å². The lowest BCUT2D eigenvalue weighted by Crippen LogP contribution is -2.49. The highest BCUT2D eigenvalue weighted by atomic mass is 35.5. The molecule has 4 rings (SSSR count). The van der Waals surface area contributed by atoms with Crippen molar-refractivity contribution in [3.63, 3.8) is 0 Å². The maximum Gasteiger partial charge on any atom is 0.271 e. The first kappa shape index (κ1) is 21.6. The quantitative estimate of drug-likeness (QED) is 0.419. The number of ether oxygens (including phenoxy) is 1. The number of hydrogen-bond acceptors (Lipinski definition) is 7. The molecule has 1 aliphatic rings. The van der Waals surface area contributed by atoms with Crippen LogP contribution in [0.4, 0.5) is 11.4 Å². The van der Waals surface area contributed by atoms with Crippen LogP contribution in [-0.4, -0.2) is 54.2 Å². The van der Waals surface area contributed by atoms with E-state index in [0.717, 1.165) is 5.56 Å². The number of aromatic nitrogens is 1. The van der Waals surface area contributed by atoms with Crippen LogP contribution in [0.15, 0.2) is 47.0 Å². The second kappa shape index (κ2) is 8.88. The maximum atomic E-state index is 13.3. The van der Waals surface area contributed by atoms with E-state index in [9.17, 15) is 14.9 Å². The number of piperazine rings is 1. The van der Waals surface area contributed by atoms with Crippen LogP contribution < -0.4 is 9.64 Å². The summed E-state index contributed by atoms with van der Waals surface area (Å²) >= 11 is 6.26. The van der Waals surface area contributed by atoms with Gasteiger partial charge in [-0.05, 0) is 37.3 Å². The van der Waals surface area contributed by atoms with Gasteiger partial charge in [0.15, 0.2) is 0 Å². The van der Waals surface area contributed by atoms with Gasteiger partial charge in [0.2, 0.25) is 0 Å². The molecule has 9 nitrogen and oxygen atoms in total. The lowest BCUT2D eigenvalue weighted by Gasteiger charge is -2.36. The molecule has 0 N–H and O–H groups in total. The largest absolute Gasteiger partial charge is 0.497 e. The van der Waals surface area contributed by atoms with Crippen molar-refractivity contribution in [2.24, 2.45) is 0 Å². The molecule has 32 heavy (non-hydrogen) atoms. The van der Waals surface area contributed by atoms with Gasteiger partial charge in [-0.3, -0.25) is 14.9 Å². The zero-order valence-electron chi connectivity index (χ0n) is 17.6. The van der Waals surface area contributed by atoms with Gasteiger partial charge < -0.3 is 19.1 Å². The van der Waals surface area contributed by atoms with Gasteiger partial charge in [-0.25, -0.2) is 0 Å². The molecule has 0 aliphatic carbocycles. The highest BCUT2D eigenvalue weighted by Gasteiger charge is 2.29. The van der Waals surface area contributed by atoms with Gasteiger partial charge in [-0.15, -0.1) is 0 Å². The molecule has 2 heterocycles. The Labute approximate surface area is 189 Å². The van der Waals surface area contributed by atoms with Gasteiger partial charge in [0, 0.05) is 43.9 Å². The molecule has 0 unspecified atom stereocenters. The third-order valence-electron chi connectivity index (χ3n) is 5.49. The van der Waals surface area contributed by atoms with Crippen molar-refractivity contribution in [3.8, 4) is 17.0 Å². The third kappa shape index (κ3) is 4.11. The van der Waals surface area contributed by atoms with Crippen molar-refractivity contribution in [2.45, 2.75) is 6.92 Å². The summed E-state index contributed by atoms with van der Waals surface area (Å²) in [5, 5.41) is 15.4. The Hall–Kier alpha value is -3.59. The van der Waals surface area contributed by atoms with Crippen LogP contribution in [0.1, 0.15) is 16.1 Å². The molecule has 0 atom stereocenters. The minimum absolute atomic E-state index is 0.0541. The summed E-state index contributed by atoms with van der Waals surface area (Å²) in [6, 6.07) is 11.7. The molecular formula is C22H21ClN4O5. The van der Waals surface area contributed by atoms with Crippen LogP contribution >= 0.6 is 11.6 Å². The van der Waals surface area contributed by atoms with Gasteiger partial charge in [-0.1, -0.05) is 16.8 Å². The SMILES string of the molecule is COc1ccc(-c2noc(C)c2C(=O)N2CCN(c3ccc([N+](=O)[O-])cc3Cl)CC2)cc1. The summed E-state index contributed by atoms with van der Waals surface area (Å²) in [6.45, 7) is 3.76. The number of halogens is 1. The lowest BCUT2D eigenvalue weighted by atomic mass is 10.0. The van der Waals surface area contributed by atoms with E-state index in [1.807, 2.05) is 17.0 Å². The zero-order chi connectivity index (χ0) is 22.8. The highest BCUT2D eigenvalue weighted by molar-refractivity contribution is 6.33. The molecule has 166 valence electrons. The smallest absolute Gasteiger partial charge is 0.271 e. The second-order valence-electron chi connectivity index (χ2n) is 7.36. The number of anilines is 1. The number of nitro groups is 1. The van der Waals surface area contributed by atoms with Crippen molar-refractivity contribution < 1.29 is 19.0 Å². The van der Waals surface area contributed by atoms with Crippen LogP contribution in [0.2, 0.25) is 5.02 Å². The fourth-order valence-corrected chi connectivity index (χ4v) is 4.04. The standard InChI is InChI=1S/C22H21ClN4O5/c1-14-20(21(24-32-14)15-3-6-17(31-2)7-4-15)22(28)26-11-9-25(10-12-26)19-8-5-16(27(29)30)13-18(19)23/h3-8,13H,9-12H2,1-2H3. The summed E-state index contributed by atoms with van der Waals surface area (Å²) < 4.78 is 10.5. The molecule has 1 fully saturated rings. The maximum absolute atomic E-state index is 13.3. The number of benzene rings is 2. The molecule has 1 aromatic heterocycles. The minimum atomic E-state index is -0.478. The van der Waals surface area contributed by atoms with Gasteiger partial charge >= 0.3 is 0 Å². The lowest BCUT2D eigenvalue weighted by molar-refractivity contribution is -0.384. The van der Waals surface area contributed by atoms with Crippen LogP contribution in [0, 0.1) is 17.0 Å². The molecule has 0 saturated carbocycles. The summed E-state index contributed by atoms with van der Waals surface area (Å²) in [5.41, 5.74) is 2.36. The van der Waals surface area contributed by atoms with Gasteiger partial charge in [0.1, 0.15) is 22.8 Å². The third-order valence-corrected chi connectivity index (χ3v) is 5.79. The predicted octanol–water partition coefficient (Wildman–Crippen LogP) is 4.18. The number of rotatable bonds is 5. The van der Waals surface area contributed by atoms with Crippen molar-refractivity contribution in [2.75, 3.05) is 38.2 Å². The molecule has 1 saturated heterocycles. The fraction of sp³-hybridized carbons (Fsp3) is 0.273. The molecule has 2 aromatic carbocycles. The number of aryl methyl sites for hydroxylation is 1. The van der Waals surface area contributed by atoms with Crippen LogP contribution in [-0.2, 0) is 0 Å². The topological polar surface area (TPSA) is 102 Å². The number of carbonyl (C=O) groups is 1. The monoisotopic (exact) mass is 456 g/mol. The van der Waals surface area contributed by atoms with Crippen molar-refractivity contribution in [3.05, 3.63) is 68.9 Å². The van der Waals surface area contributed by atoms with Crippen LogP contribution in [0.3, 0.4) is 0 Å². The van der Waals surface area contributed by atoms with E-state index in [2.05, 4.69) is 5.16 Å². The van der Waals surface area contributed by atoms with E-state index < -0.39 is 4.92 Å². The number of carbonyl (C=O) groups excluding carboxylic acids is 1. The molecule has 0 spiro atoms. The summed E-state index contributed by atoms with van der Waals surface area (Å²) in [5.74, 6) is 1.02. The Balaban J connectivity index is 1.50. The van der Waals surface area contributed by atoms with E-state index in [4.69, 9.17) is 20.9 Å². The Bertz CT molecular complexity index is 1150. The zero-order valence-corrected chi connectivity index (χ0v) is 18.3. The van der Waals surface area contributed by atoms with Crippen LogP contribution in [0.25, 0.3) is 11.3 Å². The molecular weight excluding hydrogens is 436 g/mol. The Morgan fingerprint density at radius 3 is 2.44 bits per heavy atom. The summed E-state index contributed by atoms with van der Waals surface area (Å²) in [6.07, 6.45) is 0. The van der Waals surface area contributed by atoms with E-state index in [1.165, 1.54) is 12.1 Å². The highest BCUT2D eigenvalue weighted by Crippen LogP contribution is 2.32. The number of nitrogens with zero attached hydrogens (tertiary/aromatic N) is 4. The molecule has 0 radical (unpaired) electrons. The first-order chi connectivity index (χ1) is 15.4. The molecule has 1 amide bonds. The normalized spacial score (nSPS) is 13.8. The van der Waals surface area contributed by atoms with Crippen molar-refractivity contribution in [1.29, 1.82) is 0 Å². The number of hydrogen-bond donors (Lipinski definition) is 0. The summed E-state index contributed by atoms with van der Waals surface area (Å²) in [4.78, 5) is 27.5. The molecule has 3 aromatic rings. The first-order valence-electron chi connectivity index (χ1n) is 9.98. The number of methoxy groups -OCH3 is 1. The first-order valence-corrected chi connectivity index (χ1v) is 10.4. The second-order valence-corrected chi connectivity index (χ2v) is 7.77. The average Bonchev–Trinajstić information content (AvgIpc) is 3.20. The molecule has 10 heteroatoms. The van der Waals surface area contributed by atoms with Gasteiger partial charge in [0.25, 0.3) is 11.6 Å². The Morgan fingerprint density at radius 1 is 1.16 bits per heavy atom. The van der Waals surface area contributed by atoms with Crippen LogP contribution in [0.5, 0.6) is 5.75 Å².